The second-order valence-electron chi connectivity index (χ2n) is 6.91. The third-order valence-corrected chi connectivity index (χ3v) is 4.65. The minimum Gasteiger partial charge on any atom is -0.497 e. The zero-order valence-electron chi connectivity index (χ0n) is 17.0. The lowest BCUT2D eigenvalue weighted by Gasteiger charge is -2.23. The van der Waals surface area contributed by atoms with Gasteiger partial charge in [-0.15, -0.1) is 0 Å². The van der Waals surface area contributed by atoms with Crippen molar-refractivity contribution in [3.63, 3.8) is 0 Å². The van der Waals surface area contributed by atoms with E-state index in [1.54, 1.807) is 36.3 Å². The average molecular weight is 403 g/mol. The van der Waals surface area contributed by atoms with Crippen molar-refractivity contribution >= 4 is 11.9 Å². The highest BCUT2D eigenvalue weighted by Gasteiger charge is 2.17. The summed E-state index contributed by atoms with van der Waals surface area (Å²) in [6.07, 6.45) is 0.106. The molecule has 0 aliphatic carbocycles. The lowest BCUT2D eigenvalue weighted by molar-refractivity contribution is -0.152. The minimum absolute atomic E-state index is 0.106. The maximum absolute atomic E-state index is 12.8. The molecule has 1 amide bonds. The van der Waals surface area contributed by atoms with Crippen molar-refractivity contribution in [2.24, 2.45) is 0 Å². The molecule has 3 aromatic rings. The van der Waals surface area contributed by atoms with Crippen LogP contribution in [-0.4, -0.2) is 30.5 Å². The third-order valence-electron chi connectivity index (χ3n) is 4.65. The summed E-state index contributed by atoms with van der Waals surface area (Å²) in [5.74, 6) is 0.0541. The lowest BCUT2D eigenvalue weighted by Crippen LogP contribution is -2.34. The molecule has 5 nitrogen and oxygen atoms in total. The van der Waals surface area contributed by atoms with Gasteiger partial charge in [-0.05, 0) is 28.8 Å². The molecule has 0 radical (unpaired) electrons. The monoisotopic (exact) mass is 403 g/mol. The summed E-state index contributed by atoms with van der Waals surface area (Å²) >= 11 is 0. The van der Waals surface area contributed by atoms with Crippen LogP contribution in [0.2, 0.25) is 0 Å². The Kier molecular flexibility index (Phi) is 7.61. The first kappa shape index (κ1) is 21.1. The molecule has 0 spiro atoms. The van der Waals surface area contributed by atoms with E-state index < -0.39 is 5.97 Å². The van der Waals surface area contributed by atoms with E-state index in [-0.39, 0.29) is 18.9 Å². The molecular formula is C25H25NO4. The summed E-state index contributed by atoms with van der Waals surface area (Å²) in [5, 5.41) is 0. The predicted octanol–water partition coefficient (Wildman–Crippen LogP) is 4.01. The highest BCUT2D eigenvalue weighted by atomic mass is 16.5. The predicted molar refractivity (Wildman–Crippen MR) is 115 cm³/mol. The van der Waals surface area contributed by atoms with E-state index in [1.165, 1.54) is 0 Å². The van der Waals surface area contributed by atoms with Gasteiger partial charge in [0.25, 0.3) is 5.91 Å². The van der Waals surface area contributed by atoms with E-state index in [0.29, 0.717) is 13.1 Å². The van der Waals surface area contributed by atoms with Crippen LogP contribution in [0, 0.1) is 0 Å². The first-order chi connectivity index (χ1) is 14.6. The Morgan fingerprint density at radius 2 is 1.27 bits per heavy atom. The van der Waals surface area contributed by atoms with Crippen molar-refractivity contribution in [2.75, 3.05) is 13.7 Å². The van der Waals surface area contributed by atoms with Gasteiger partial charge in [0.2, 0.25) is 0 Å². The van der Waals surface area contributed by atoms with Gasteiger partial charge in [0, 0.05) is 13.1 Å². The Morgan fingerprint density at radius 3 is 1.77 bits per heavy atom. The lowest BCUT2D eigenvalue weighted by atomic mass is 10.1. The second kappa shape index (κ2) is 10.8. The standard InChI is InChI=1S/C25H25NO4/c1-29-23-14-12-20(13-15-23)16-25(28)30-19-24(27)26(17-21-8-4-2-5-9-21)18-22-10-6-3-7-11-22/h2-15H,16-19H2,1H3. The molecule has 0 heterocycles. The van der Waals surface area contributed by atoms with Crippen LogP contribution >= 0.6 is 0 Å². The van der Waals surface area contributed by atoms with Crippen molar-refractivity contribution in [1.29, 1.82) is 0 Å². The molecule has 0 aliphatic rings. The van der Waals surface area contributed by atoms with Gasteiger partial charge in [0.1, 0.15) is 5.75 Å². The first-order valence-electron chi connectivity index (χ1n) is 9.78. The maximum Gasteiger partial charge on any atom is 0.310 e. The summed E-state index contributed by atoms with van der Waals surface area (Å²) in [7, 11) is 1.59. The smallest absolute Gasteiger partial charge is 0.310 e. The van der Waals surface area contributed by atoms with Crippen molar-refractivity contribution in [1.82, 2.24) is 4.90 Å². The van der Waals surface area contributed by atoms with E-state index in [4.69, 9.17) is 9.47 Å². The summed E-state index contributed by atoms with van der Waals surface area (Å²) in [6.45, 7) is 0.615. The van der Waals surface area contributed by atoms with Crippen LogP contribution in [0.5, 0.6) is 5.75 Å². The van der Waals surface area contributed by atoms with Gasteiger partial charge in [-0.25, -0.2) is 0 Å². The van der Waals surface area contributed by atoms with Crippen molar-refractivity contribution in [3.8, 4) is 5.75 Å². The topological polar surface area (TPSA) is 55.8 Å². The molecule has 0 saturated carbocycles. The van der Waals surface area contributed by atoms with Gasteiger partial charge in [-0.2, -0.15) is 0 Å². The molecule has 0 aliphatic heterocycles. The highest BCUT2D eigenvalue weighted by molar-refractivity contribution is 5.81. The molecule has 3 rings (SSSR count). The van der Waals surface area contributed by atoms with Crippen LogP contribution in [0.15, 0.2) is 84.9 Å². The number of hydrogen-bond donors (Lipinski definition) is 0. The molecule has 30 heavy (non-hydrogen) atoms. The highest BCUT2D eigenvalue weighted by Crippen LogP contribution is 2.13. The van der Waals surface area contributed by atoms with Gasteiger partial charge in [0.15, 0.2) is 6.61 Å². The quantitative estimate of drug-likeness (QED) is 0.507. The molecule has 0 saturated heterocycles. The second-order valence-corrected chi connectivity index (χ2v) is 6.91. The van der Waals surface area contributed by atoms with Crippen molar-refractivity contribution in [3.05, 3.63) is 102 Å². The van der Waals surface area contributed by atoms with Crippen molar-refractivity contribution < 1.29 is 19.1 Å². The summed E-state index contributed by atoms with van der Waals surface area (Å²) in [6, 6.07) is 26.7. The van der Waals surface area contributed by atoms with Gasteiger partial charge in [-0.1, -0.05) is 72.8 Å². The fraction of sp³-hybridized carbons (Fsp3) is 0.200. The maximum atomic E-state index is 12.8. The van der Waals surface area contributed by atoms with E-state index in [9.17, 15) is 9.59 Å². The molecule has 0 bridgehead atoms. The van der Waals surface area contributed by atoms with Gasteiger partial charge in [0.05, 0.1) is 13.5 Å². The Labute approximate surface area is 176 Å². The Hall–Kier alpha value is -3.60. The molecule has 0 unspecified atom stereocenters. The molecule has 0 fully saturated rings. The minimum atomic E-state index is -0.437. The van der Waals surface area contributed by atoms with Crippen LogP contribution < -0.4 is 4.74 Å². The van der Waals surface area contributed by atoms with E-state index in [1.807, 2.05) is 60.7 Å². The summed E-state index contributed by atoms with van der Waals surface area (Å²) in [4.78, 5) is 26.7. The average Bonchev–Trinajstić information content (AvgIpc) is 2.79. The molecule has 0 atom stereocenters. The zero-order chi connectivity index (χ0) is 21.2. The molecule has 0 aromatic heterocycles. The summed E-state index contributed by atoms with van der Waals surface area (Å²) < 4.78 is 10.4. The number of benzene rings is 3. The Balaban J connectivity index is 1.59. The van der Waals surface area contributed by atoms with Crippen LogP contribution in [0.4, 0.5) is 0 Å². The van der Waals surface area contributed by atoms with Crippen LogP contribution in [0.3, 0.4) is 0 Å². The van der Waals surface area contributed by atoms with Crippen LogP contribution in [0.1, 0.15) is 16.7 Å². The number of esters is 1. The number of nitrogens with zero attached hydrogens (tertiary/aromatic N) is 1. The molecule has 5 heteroatoms. The molecule has 154 valence electrons. The number of rotatable bonds is 9. The van der Waals surface area contributed by atoms with E-state index in [2.05, 4.69) is 0 Å². The van der Waals surface area contributed by atoms with Crippen LogP contribution in [-0.2, 0) is 33.8 Å². The first-order valence-corrected chi connectivity index (χ1v) is 9.78. The SMILES string of the molecule is COc1ccc(CC(=O)OCC(=O)N(Cc2ccccc2)Cc2ccccc2)cc1. The number of carbonyl (C=O) groups is 2. The molecule has 3 aromatic carbocycles. The van der Waals surface area contributed by atoms with Crippen LogP contribution in [0.25, 0.3) is 0 Å². The van der Waals surface area contributed by atoms with E-state index in [0.717, 1.165) is 22.4 Å². The largest absolute Gasteiger partial charge is 0.497 e. The number of ether oxygens (including phenoxy) is 2. The van der Waals surface area contributed by atoms with Gasteiger partial charge >= 0.3 is 5.97 Å². The van der Waals surface area contributed by atoms with Gasteiger partial charge in [-0.3, -0.25) is 9.59 Å². The van der Waals surface area contributed by atoms with Crippen molar-refractivity contribution in [2.45, 2.75) is 19.5 Å². The Morgan fingerprint density at radius 1 is 0.733 bits per heavy atom. The normalized spacial score (nSPS) is 10.3. The number of methoxy groups -OCH3 is 1. The fourth-order valence-electron chi connectivity index (χ4n) is 3.03. The number of hydrogen-bond acceptors (Lipinski definition) is 4. The number of carbonyl (C=O) groups excluding carboxylic acids is 2. The Bertz CT molecular complexity index is 898. The fourth-order valence-corrected chi connectivity index (χ4v) is 3.03. The van der Waals surface area contributed by atoms with Gasteiger partial charge < -0.3 is 14.4 Å². The molecular weight excluding hydrogens is 378 g/mol. The number of amides is 1. The summed E-state index contributed by atoms with van der Waals surface area (Å²) in [5.41, 5.74) is 2.84. The molecule has 0 N–H and O–H groups in total. The third kappa shape index (κ3) is 6.48. The zero-order valence-corrected chi connectivity index (χ0v) is 17.0. The van der Waals surface area contributed by atoms with E-state index >= 15 is 0 Å².